The molecule has 0 spiro atoms. The van der Waals surface area contributed by atoms with Gasteiger partial charge < -0.3 is 14.8 Å². The maximum absolute atomic E-state index is 12.3. The fourth-order valence-electron chi connectivity index (χ4n) is 2.99. The Balaban J connectivity index is 1.74. The van der Waals surface area contributed by atoms with E-state index in [1.807, 2.05) is 0 Å². The van der Waals surface area contributed by atoms with Crippen LogP contribution in [0.1, 0.15) is 38.5 Å². The first-order chi connectivity index (χ1) is 12.1. The lowest BCUT2D eigenvalue weighted by atomic mass is 10.1. The van der Waals surface area contributed by atoms with Gasteiger partial charge in [-0.3, -0.25) is 0 Å². The quantitative estimate of drug-likeness (QED) is 0.488. The van der Waals surface area contributed by atoms with Gasteiger partial charge in [0.25, 0.3) is 0 Å². The largest absolute Gasteiger partial charge is 0.491 e. The third-order valence-electron chi connectivity index (χ3n) is 4.40. The van der Waals surface area contributed by atoms with Gasteiger partial charge in [0.05, 0.1) is 11.5 Å². The SMILES string of the molecule is COCCOc1ccc(S(=O)(=O)NCCNC2CCCCCC2)cc1. The maximum Gasteiger partial charge on any atom is 0.240 e. The van der Waals surface area contributed by atoms with Crippen molar-refractivity contribution in [1.82, 2.24) is 10.0 Å². The molecule has 1 aliphatic rings. The van der Waals surface area contributed by atoms with Gasteiger partial charge in [-0.05, 0) is 37.1 Å². The van der Waals surface area contributed by atoms with Gasteiger partial charge in [-0.2, -0.15) is 0 Å². The summed E-state index contributed by atoms with van der Waals surface area (Å²) >= 11 is 0. The first kappa shape index (κ1) is 20.2. The summed E-state index contributed by atoms with van der Waals surface area (Å²) in [6, 6.07) is 6.96. The van der Waals surface area contributed by atoms with Crippen molar-refractivity contribution in [2.24, 2.45) is 0 Å². The molecule has 1 aromatic carbocycles. The Kier molecular flexibility index (Phi) is 8.67. The second-order valence-corrected chi connectivity index (χ2v) is 8.12. The van der Waals surface area contributed by atoms with Gasteiger partial charge in [0, 0.05) is 26.2 Å². The van der Waals surface area contributed by atoms with E-state index in [-0.39, 0.29) is 4.90 Å². The zero-order valence-electron chi connectivity index (χ0n) is 15.0. The predicted molar refractivity (Wildman–Crippen MR) is 98.5 cm³/mol. The van der Waals surface area contributed by atoms with Crippen LogP contribution in [0.15, 0.2) is 29.2 Å². The maximum atomic E-state index is 12.3. The molecule has 0 atom stereocenters. The molecule has 0 amide bonds. The van der Waals surface area contributed by atoms with E-state index in [1.54, 1.807) is 31.4 Å². The summed E-state index contributed by atoms with van der Waals surface area (Å²) in [7, 11) is -1.88. The van der Waals surface area contributed by atoms with Gasteiger partial charge in [0.1, 0.15) is 12.4 Å². The average Bonchev–Trinajstić information content (AvgIpc) is 2.88. The highest BCUT2D eigenvalue weighted by molar-refractivity contribution is 7.89. The summed E-state index contributed by atoms with van der Waals surface area (Å²) in [6.07, 6.45) is 7.55. The van der Waals surface area contributed by atoms with Crippen molar-refractivity contribution in [2.75, 3.05) is 33.4 Å². The summed E-state index contributed by atoms with van der Waals surface area (Å²) in [5, 5.41) is 3.46. The minimum atomic E-state index is -3.48. The number of ether oxygens (including phenoxy) is 2. The van der Waals surface area contributed by atoms with Crippen LogP contribution in [-0.4, -0.2) is 47.9 Å². The van der Waals surface area contributed by atoms with Crippen molar-refractivity contribution in [2.45, 2.75) is 49.5 Å². The van der Waals surface area contributed by atoms with Gasteiger partial charge in [0.15, 0.2) is 0 Å². The molecular weight excluding hydrogens is 340 g/mol. The van der Waals surface area contributed by atoms with Gasteiger partial charge in [-0.1, -0.05) is 25.7 Å². The molecule has 0 unspecified atom stereocenters. The standard InChI is InChI=1S/C18H30N2O4S/c1-23-14-15-24-17-8-10-18(11-9-17)25(21,22)20-13-12-19-16-6-4-2-3-5-7-16/h8-11,16,19-20H,2-7,12-15H2,1H3. The van der Waals surface area contributed by atoms with Crippen molar-refractivity contribution in [3.8, 4) is 5.75 Å². The Morgan fingerprint density at radius 2 is 1.68 bits per heavy atom. The van der Waals surface area contributed by atoms with Crippen molar-refractivity contribution in [1.29, 1.82) is 0 Å². The van der Waals surface area contributed by atoms with Crippen LogP contribution in [0.3, 0.4) is 0 Å². The Bertz CT molecular complexity index is 582. The third kappa shape index (κ3) is 7.32. The molecule has 0 radical (unpaired) electrons. The number of sulfonamides is 1. The molecule has 2 N–H and O–H groups in total. The van der Waals surface area contributed by atoms with E-state index in [1.165, 1.54) is 38.5 Å². The zero-order chi connectivity index (χ0) is 18.0. The number of benzene rings is 1. The van der Waals surface area contributed by atoms with Gasteiger partial charge in [0.2, 0.25) is 10.0 Å². The van der Waals surface area contributed by atoms with Crippen LogP contribution in [0.2, 0.25) is 0 Å². The molecule has 142 valence electrons. The smallest absolute Gasteiger partial charge is 0.240 e. The summed E-state index contributed by atoms with van der Waals surface area (Å²) in [5.41, 5.74) is 0. The Labute approximate surface area is 151 Å². The molecule has 0 aliphatic heterocycles. The number of hydrogen-bond acceptors (Lipinski definition) is 5. The van der Waals surface area contributed by atoms with Gasteiger partial charge in [-0.15, -0.1) is 0 Å². The molecule has 6 nitrogen and oxygen atoms in total. The second-order valence-electron chi connectivity index (χ2n) is 6.35. The summed E-state index contributed by atoms with van der Waals surface area (Å²) in [5.74, 6) is 0.631. The Hall–Kier alpha value is -1.15. The highest BCUT2D eigenvalue weighted by Gasteiger charge is 2.15. The second kappa shape index (κ2) is 10.8. The first-order valence-electron chi connectivity index (χ1n) is 9.06. The first-order valence-corrected chi connectivity index (χ1v) is 10.5. The highest BCUT2D eigenvalue weighted by Crippen LogP contribution is 2.17. The Morgan fingerprint density at radius 3 is 2.32 bits per heavy atom. The van der Waals surface area contributed by atoms with E-state index in [0.29, 0.717) is 38.1 Å². The number of nitrogens with one attached hydrogen (secondary N) is 2. The van der Waals surface area contributed by atoms with Crippen LogP contribution < -0.4 is 14.8 Å². The molecule has 0 heterocycles. The molecule has 25 heavy (non-hydrogen) atoms. The van der Waals surface area contributed by atoms with Crippen LogP contribution in [-0.2, 0) is 14.8 Å². The van der Waals surface area contributed by atoms with E-state index in [9.17, 15) is 8.42 Å². The fraction of sp³-hybridized carbons (Fsp3) is 0.667. The fourth-order valence-corrected chi connectivity index (χ4v) is 4.02. The minimum absolute atomic E-state index is 0.251. The summed E-state index contributed by atoms with van der Waals surface area (Å²) < 4.78 is 37.6. The van der Waals surface area contributed by atoms with Crippen molar-refractivity contribution in [3.05, 3.63) is 24.3 Å². The molecule has 7 heteroatoms. The Morgan fingerprint density at radius 1 is 1.00 bits per heavy atom. The lowest BCUT2D eigenvalue weighted by Gasteiger charge is -2.16. The molecule has 1 aromatic rings. The summed E-state index contributed by atoms with van der Waals surface area (Å²) in [4.78, 5) is 0.251. The normalized spacial score (nSPS) is 16.5. The van der Waals surface area contributed by atoms with E-state index < -0.39 is 10.0 Å². The number of hydrogen-bond donors (Lipinski definition) is 2. The van der Waals surface area contributed by atoms with Crippen LogP contribution in [0.25, 0.3) is 0 Å². The van der Waals surface area contributed by atoms with E-state index in [0.717, 1.165) is 0 Å². The monoisotopic (exact) mass is 370 g/mol. The van der Waals surface area contributed by atoms with E-state index in [2.05, 4.69) is 10.0 Å². The predicted octanol–water partition coefficient (Wildman–Crippen LogP) is 2.30. The van der Waals surface area contributed by atoms with E-state index >= 15 is 0 Å². The molecule has 2 rings (SSSR count). The van der Waals surface area contributed by atoms with E-state index in [4.69, 9.17) is 9.47 Å². The van der Waals surface area contributed by atoms with Crippen molar-refractivity contribution < 1.29 is 17.9 Å². The number of methoxy groups -OCH3 is 1. The molecule has 1 fully saturated rings. The lowest BCUT2D eigenvalue weighted by Crippen LogP contribution is -2.36. The van der Waals surface area contributed by atoms with Crippen LogP contribution in [0.4, 0.5) is 0 Å². The third-order valence-corrected chi connectivity index (χ3v) is 5.87. The lowest BCUT2D eigenvalue weighted by molar-refractivity contribution is 0.146. The molecule has 0 bridgehead atoms. The highest BCUT2D eigenvalue weighted by atomic mass is 32.2. The summed E-state index contributed by atoms with van der Waals surface area (Å²) in [6.45, 7) is 1.98. The van der Waals surface area contributed by atoms with Crippen LogP contribution >= 0.6 is 0 Å². The molecule has 1 aliphatic carbocycles. The molecule has 0 aromatic heterocycles. The van der Waals surface area contributed by atoms with Crippen LogP contribution in [0, 0.1) is 0 Å². The van der Waals surface area contributed by atoms with Gasteiger partial charge >= 0.3 is 0 Å². The average molecular weight is 371 g/mol. The minimum Gasteiger partial charge on any atom is -0.491 e. The van der Waals surface area contributed by atoms with Crippen molar-refractivity contribution in [3.63, 3.8) is 0 Å². The van der Waals surface area contributed by atoms with Gasteiger partial charge in [-0.25, -0.2) is 13.1 Å². The molecular formula is C18H30N2O4S. The molecule has 1 saturated carbocycles. The number of rotatable bonds is 10. The topological polar surface area (TPSA) is 76.7 Å². The molecule has 0 saturated heterocycles. The van der Waals surface area contributed by atoms with Crippen LogP contribution in [0.5, 0.6) is 5.75 Å². The van der Waals surface area contributed by atoms with Crippen molar-refractivity contribution >= 4 is 10.0 Å². The zero-order valence-corrected chi connectivity index (χ0v) is 15.8.